The molecule has 11 heteroatoms. The van der Waals surface area contributed by atoms with Gasteiger partial charge in [-0.05, 0) is 63.6 Å². The number of hydrogen-bond acceptors (Lipinski definition) is 6. The Morgan fingerprint density at radius 2 is 1.87 bits per heavy atom. The SMILES string of the molecule is CCCOc1cc(NC(=O)[C@@H](C)Oc2ccc(Oc3ncc(C(F)(F)F)cc3Cl)cc2)cc2c1OC(C)(C)C2. The smallest absolute Gasteiger partial charge is 0.417 e. The van der Waals surface area contributed by atoms with E-state index >= 15 is 0 Å². The first kappa shape index (κ1) is 28.4. The van der Waals surface area contributed by atoms with Gasteiger partial charge in [0.25, 0.3) is 5.91 Å². The van der Waals surface area contributed by atoms with Crippen molar-refractivity contribution in [2.24, 2.45) is 0 Å². The number of pyridine rings is 1. The van der Waals surface area contributed by atoms with Gasteiger partial charge >= 0.3 is 6.18 Å². The van der Waals surface area contributed by atoms with Crippen LogP contribution in [0.3, 0.4) is 0 Å². The zero-order valence-electron chi connectivity index (χ0n) is 21.8. The molecule has 1 atom stereocenters. The highest BCUT2D eigenvalue weighted by Crippen LogP contribution is 2.44. The van der Waals surface area contributed by atoms with E-state index in [2.05, 4.69) is 10.3 Å². The summed E-state index contributed by atoms with van der Waals surface area (Å²) in [6, 6.07) is 10.5. The van der Waals surface area contributed by atoms with Gasteiger partial charge in [-0.1, -0.05) is 18.5 Å². The van der Waals surface area contributed by atoms with E-state index < -0.39 is 17.8 Å². The average Bonchev–Trinajstić information content (AvgIpc) is 3.18. The summed E-state index contributed by atoms with van der Waals surface area (Å²) in [7, 11) is 0. The Kier molecular flexibility index (Phi) is 8.15. The van der Waals surface area contributed by atoms with Crippen molar-refractivity contribution in [3.63, 3.8) is 0 Å². The fourth-order valence-electron chi connectivity index (χ4n) is 3.92. The number of anilines is 1. The van der Waals surface area contributed by atoms with Gasteiger partial charge in [-0.3, -0.25) is 4.79 Å². The predicted octanol–water partition coefficient (Wildman–Crippen LogP) is 7.45. The van der Waals surface area contributed by atoms with Gasteiger partial charge in [-0.2, -0.15) is 13.2 Å². The van der Waals surface area contributed by atoms with Crippen LogP contribution >= 0.6 is 11.6 Å². The number of ether oxygens (including phenoxy) is 4. The summed E-state index contributed by atoms with van der Waals surface area (Å²) in [5, 5.41) is 2.60. The maximum atomic E-state index is 12.9. The minimum Gasteiger partial charge on any atom is -0.490 e. The van der Waals surface area contributed by atoms with Crippen LogP contribution in [0.1, 0.15) is 45.2 Å². The highest BCUT2D eigenvalue weighted by Gasteiger charge is 2.34. The second-order valence-corrected chi connectivity index (χ2v) is 10.1. The summed E-state index contributed by atoms with van der Waals surface area (Å²) in [5.41, 5.74) is 0.190. The fourth-order valence-corrected chi connectivity index (χ4v) is 4.13. The zero-order chi connectivity index (χ0) is 28.4. The van der Waals surface area contributed by atoms with E-state index in [-0.39, 0.29) is 28.2 Å². The Balaban J connectivity index is 1.39. The topological polar surface area (TPSA) is 78.9 Å². The first-order valence-electron chi connectivity index (χ1n) is 12.3. The minimum absolute atomic E-state index is 0.170. The molecule has 0 radical (unpaired) electrons. The summed E-state index contributed by atoms with van der Waals surface area (Å²) in [6.45, 7) is 8.13. The van der Waals surface area contributed by atoms with Gasteiger partial charge in [-0.25, -0.2) is 4.98 Å². The van der Waals surface area contributed by atoms with Crippen LogP contribution in [0.2, 0.25) is 5.02 Å². The number of benzene rings is 2. The lowest BCUT2D eigenvalue weighted by Gasteiger charge is -2.19. The molecule has 1 aromatic heterocycles. The summed E-state index contributed by atoms with van der Waals surface area (Å²) < 4.78 is 61.6. The van der Waals surface area contributed by atoms with E-state index in [9.17, 15) is 18.0 Å². The number of amides is 1. The third-order valence-corrected chi connectivity index (χ3v) is 5.98. The highest BCUT2D eigenvalue weighted by molar-refractivity contribution is 6.31. The van der Waals surface area contributed by atoms with Crippen molar-refractivity contribution in [3.05, 3.63) is 64.8 Å². The number of carbonyl (C=O) groups excluding carboxylic acids is 1. The summed E-state index contributed by atoms with van der Waals surface area (Å²) in [6.07, 6.45) is -3.25. The number of alkyl halides is 3. The number of fused-ring (bicyclic) bond motifs is 1. The van der Waals surface area contributed by atoms with Crippen molar-refractivity contribution < 1.29 is 36.9 Å². The van der Waals surface area contributed by atoms with Crippen LogP contribution in [0, 0.1) is 0 Å². The fraction of sp³-hybridized carbons (Fsp3) is 0.357. The van der Waals surface area contributed by atoms with Gasteiger partial charge in [-0.15, -0.1) is 0 Å². The molecule has 1 aliphatic heterocycles. The van der Waals surface area contributed by atoms with Gasteiger partial charge in [0.05, 0.1) is 12.2 Å². The standard InChI is InChI=1S/C28H28ClF3N2O5/c1-5-10-36-23-13-19(11-17-14-27(3,4)39-24(17)23)34-25(35)16(2)37-20-6-8-21(9-7-20)38-26-22(29)12-18(15-33-26)28(30,31)32/h6-9,11-13,15-16H,5,10,14H2,1-4H3,(H,34,35)/t16-/m1/s1. The van der Waals surface area contributed by atoms with Crippen molar-refractivity contribution in [2.45, 2.75) is 58.4 Å². The number of nitrogens with zero attached hydrogens (tertiary/aromatic N) is 1. The maximum absolute atomic E-state index is 12.9. The Hall–Kier alpha value is -3.66. The minimum atomic E-state index is -4.56. The summed E-state index contributed by atoms with van der Waals surface area (Å²) >= 11 is 5.90. The van der Waals surface area contributed by atoms with Crippen molar-refractivity contribution >= 4 is 23.2 Å². The maximum Gasteiger partial charge on any atom is 0.417 e. The van der Waals surface area contributed by atoms with Crippen LogP contribution in [0.25, 0.3) is 0 Å². The Morgan fingerprint density at radius 3 is 2.51 bits per heavy atom. The summed E-state index contributed by atoms with van der Waals surface area (Å²) in [4.78, 5) is 16.5. The molecule has 7 nitrogen and oxygen atoms in total. The molecule has 0 bridgehead atoms. The van der Waals surface area contributed by atoms with E-state index in [1.54, 1.807) is 25.1 Å². The number of carbonyl (C=O) groups is 1. The molecule has 4 rings (SSSR count). The molecule has 0 saturated carbocycles. The van der Waals surface area contributed by atoms with Gasteiger partial charge < -0.3 is 24.3 Å². The first-order chi connectivity index (χ1) is 18.3. The molecule has 1 amide bonds. The van der Waals surface area contributed by atoms with E-state index in [0.717, 1.165) is 18.1 Å². The lowest BCUT2D eigenvalue weighted by atomic mass is 10.0. The van der Waals surface area contributed by atoms with Crippen molar-refractivity contribution in [3.8, 4) is 28.9 Å². The largest absolute Gasteiger partial charge is 0.490 e. The monoisotopic (exact) mass is 564 g/mol. The van der Waals surface area contributed by atoms with E-state index in [0.29, 0.717) is 42.2 Å². The highest BCUT2D eigenvalue weighted by atomic mass is 35.5. The van der Waals surface area contributed by atoms with Crippen molar-refractivity contribution in [1.82, 2.24) is 4.98 Å². The van der Waals surface area contributed by atoms with Crippen LogP contribution in [0.15, 0.2) is 48.7 Å². The lowest BCUT2D eigenvalue weighted by Crippen LogP contribution is -2.30. The van der Waals surface area contributed by atoms with Crippen LogP contribution in [-0.2, 0) is 17.4 Å². The normalized spacial score (nSPS) is 14.7. The molecule has 0 fully saturated rings. The van der Waals surface area contributed by atoms with Crippen LogP contribution in [-0.4, -0.2) is 29.2 Å². The van der Waals surface area contributed by atoms with Crippen LogP contribution < -0.4 is 24.3 Å². The molecule has 1 N–H and O–H groups in total. The average molecular weight is 565 g/mol. The first-order valence-corrected chi connectivity index (χ1v) is 12.7. The lowest BCUT2D eigenvalue weighted by molar-refractivity contribution is -0.137. The van der Waals surface area contributed by atoms with Crippen molar-refractivity contribution in [2.75, 3.05) is 11.9 Å². The molecule has 0 unspecified atom stereocenters. The number of hydrogen-bond donors (Lipinski definition) is 1. The Morgan fingerprint density at radius 1 is 1.18 bits per heavy atom. The molecule has 208 valence electrons. The van der Waals surface area contributed by atoms with Crippen molar-refractivity contribution in [1.29, 1.82) is 0 Å². The number of halogens is 4. The molecular formula is C28H28ClF3N2O5. The quantitative estimate of drug-likeness (QED) is 0.291. The third-order valence-electron chi connectivity index (χ3n) is 5.71. The molecule has 0 saturated heterocycles. The van der Waals surface area contributed by atoms with E-state index in [1.807, 2.05) is 26.8 Å². The molecule has 2 aromatic carbocycles. The van der Waals surface area contributed by atoms with Gasteiger partial charge in [0.15, 0.2) is 17.6 Å². The second kappa shape index (κ2) is 11.2. The third kappa shape index (κ3) is 7.06. The zero-order valence-corrected chi connectivity index (χ0v) is 22.6. The van der Waals surface area contributed by atoms with Gasteiger partial charge in [0.2, 0.25) is 5.88 Å². The number of nitrogens with one attached hydrogen (secondary N) is 1. The van der Waals surface area contributed by atoms with E-state index in [4.69, 9.17) is 30.5 Å². The predicted molar refractivity (Wildman–Crippen MR) is 140 cm³/mol. The number of aromatic nitrogens is 1. The molecule has 0 aliphatic carbocycles. The van der Waals surface area contributed by atoms with Crippen LogP contribution in [0.5, 0.6) is 28.9 Å². The molecule has 1 aliphatic rings. The van der Waals surface area contributed by atoms with E-state index in [1.165, 1.54) is 12.1 Å². The molecule has 3 aromatic rings. The van der Waals surface area contributed by atoms with Gasteiger partial charge in [0.1, 0.15) is 22.1 Å². The Bertz CT molecular complexity index is 1350. The Labute approximate surface area is 229 Å². The molecule has 0 spiro atoms. The number of rotatable bonds is 9. The second-order valence-electron chi connectivity index (χ2n) is 9.68. The van der Waals surface area contributed by atoms with Gasteiger partial charge in [0, 0.05) is 29.9 Å². The summed E-state index contributed by atoms with van der Waals surface area (Å²) in [5.74, 6) is 1.41. The van der Waals surface area contributed by atoms with Crippen LogP contribution in [0.4, 0.5) is 18.9 Å². The molecular weight excluding hydrogens is 537 g/mol. The molecule has 39 heavy (non-hydrogen) atoms. The molecule has 2 heterocycles.